The molecule has 0 heterocycles. The molecule has 1 atom stereocenters. The standard InChI is InChI=1S/C12H12ClNO3/c1-8(12(16)17)14-11(15)7-4-9-2-5-10(13)6-3-9/h2-8H,1H3,(H,14,15)(H,16,17)/b7-4+/t8-/m1/s1. The summed E-state index contributed by atoms with van der Waals surface area (Å²) in [4.78, 5) is 21.8. The van der Waals surface area contributed by atoms with Crippen molar-refractivity contribution in [3.63, 3.8) is 0 Å². The van der Waals surface area contributed by atoms with E-state index in [9.17, 15) is 9.59 Å². The van der Waals surface area contributed by atoms with Gasteiger partial charge in [0.05, 0.1) is 0 Å². The Kier molecular flexibility index (Phi) is 4.72. The molecule has 2 N–H and O–H groups in total. The van der Waals surface area contributed by atoms with Crippen molar-refractivity contribution < 1.29 is 14.7 Å². The Morgan fingerprint density at radius 1 is 1.35 bits per heavy atom. The van der Waals surface area contributed by atoms with Gasteiger partial charge in [0.25, 0.3) is 0 Å². The molecule has 0 spiro atoms. The third-order valence-corrected chi connectivity index (χ3v) is 2.28. The van der Waals surface area contributed by atoms with Crippen LogP contribution in [0, 0.1) is 0 Å². The molecule has 4 nitrogen and oxygen atoms in total. The molecule has 0 aliphatic heterocycles. The van der Waals surface area contributed by atoms with Crippen molar-refractivity contribution in [1.82, 2.24) is 5.32 Å². The fraction of sp³-hybridized carbons (Fsp3) is 0.167. The highest BCUT2D eigenvalue weighted by atomic mass is 35.5. The third kappa shape index (κ3) is 4.70. The first-order valence-corrected chi connectivity index (χ1v) is 5.34. The van der Waals surface area contributed by atoms with Crippen molar-refractivity contribution in [3.8, 4) is 0 Å². The van der Waals surface area contributed by atoms with E-state index in [1.54, 1.807) is 30.3 Å². The van der Waals surface area contributed by atoms with Crippen molar-refractivity contribution in [3.05, 3.63) is 40.9 Å². The average molecular weight is 254 g/mol. The van der Waals surface area contributed by atoms with Gasteiger partial charge in [0.2, 0.25) is 5.91 Å². The highest BCUT2D eigenvalue weighted by Crippen LogP contribution is 2.10. The minimum atomic E-state index is -1.07. The second-order valence-corrected chi connectivity index (χ2v) is 3.89. The van der Waals surface area contributed by atoms with Crippen LogP contribution in [-0.4, -0.2) is 23.0 Å². The van der Waals surface area contributed by atoms with Crippen LogP contribution in [0.5, 0.6) is 0 Å². The van der Waals surface area contributed by atoms with E-state index in [2.05, 4.69) is 5.32 Å². The molecule has 17 heavy (non-hydrogen) atoms. The number of hydrogen-bond donors (Lipinski definition) is 2. The van der Waals surface area contributed by atoms with Crippen LogP contribution in [-0.2, 0) is 9.59 Å². The van der Waals surface area contributed by atoms with Crippen LogP contribution in [0.15, 0.2) is 30.3 Å². The molecule has 1 rings (SSSR count). The van der Waals surface area contributed by atoms with Gasteiger partial charge in [0.15, 0.2) is 0 Å². The van der Waals surface area contributed by atoms with Crippen molar-refractivity contribution in [2.45, 2.75) is 13.0 Å². The summed E-state index contributed by atoms with van der Waals surface area (Å²) in [5, 5.41) is 11.5. The van der Waals surface area contributed by atoms with E-state index in [0.717, 1.165) is 5.56 Å². The molecule has 0 fully saturated rings. The van der Waals surface area contributed by atoms with Crippen LogP contribution >= 0.6 is 11.6 Å². The van der Waals surface area contributed by atoms with Crippen molar-refractivity contribution in [1.29, 1.82) is 0 Å². The minimum absolute atomic E-state index is 0.449. The summed E-state index contributed by atoms with van der Waals surface area (Å²) in [7, 11) is 0. The van der Waals surface area contributed by atoms with E-state index in [4.69, 9.17) is 16.7 Å². The topological polar surface area (TPSA) is 66.4 Å². The molecule has 90 valence electrons. The summed E-state index contributed by atoms with van der Waals surface area (Å²) in [5.41, 5.74) is 0.813. The first-order valence-electron chi connectivity index (χ1n) is 4.96. The van der Waals surface area contributed by atoms with Gasteiger partial charge in [-0.15, -0.1) is 0 Å². The van der Waals surface area contributed by atoms with Gasteiger partial charge in [-0.2, -0.15) is 0 Å². The summed E-state index contributed by atoms with van der Waals surface area (Å²) in [5.74, 6) is -1.52. The third-order valence-electron chi connectivity index (χ3n) is 2.03. The molecule has 0 aliphatic rings. The Hall–Kier alpha value is -1.81. The lowest BCUT2D eigenvalue weighted by atomic mass is 10.2. The van der Waals surface area contributed by atoms with Crippen molar-refractivity contribution in [2.24, 2.45) is 0 Å². The number of amides is 1. The number of nitrogens with one attached hydrogen (secondary N) is 1. The van der Waals surface area contributed by atoms with Gasteiger partial charge in [-0.3, -0.25) is 9.59 Å². The Morgan fingerprint density at radius 2 is 1.94 bits per heavy atom. The fourth-order valence-corrected chi connectivity index (χ4v) is 1.20. The monoisotopic (exact) mass is 253 g/mol. The lowest BCUT2D eigenvalue weighted by Crippen LogP contribution is -2.37. The second kappa shape index (κ2) is 6.06. The van der Waals surface area contributed by atoms with E-state index < -0.39 is 17.9 Å². The maximum Gasteiger partial charge on any atom is 0.325 e. The number of hydrogen-bond acceptors (Lipinski definition) is 2. The number of benzene rings is 1. The number of carbonyl (C=O) groups is 2. The Balaban J connectivity index is 2.56. The molecule has 0 aromatic heterocycles. The van der Waals surface area contributed by atoms with Crippen LogP contribution in [0.2, 0.25) is 5.02 Å². The SMILES string of the molecule is C[C@@H](NC(=O)/C=C/c1ccc(Cl)cc1)C(=O)O. The molecule has 1 aromatic rings. The maximum atomic E-state index is 11.3. The number of carboxylic acids is 1. The van der Waals surface area contributed by atoms with E-state index in [0.29, 0.717) is 5.02 Å². The Morgan fingerprint density at radius 3 is 2.47 bits per heavy atom. The summed E-state index contributed by atoms with van der Waals surface area (Å²) in [6.45, 7) is 1.40. The van der Waals surface area contributed by atoms with Crippen LogP contribution < -0.4 is 5.32 Å². The van der Waals surface area contributed by atoms with Gasteiger partial charge >= 0.3 is 5.97 Å². The average Bonchev–Trinajstić information content (AvgIpc) is 2.28. The molecular formula is C12H12ClNO3. The summed E-state index contributed by atoms with van der Waals surface area (Å²) in [6.07, 6.45) is 2.86. The van der Waals surface area contributed by atoms with Crippen LogP contribution in [0.1, 0.15) is 12.5 Å². The molecule has 0 aliphatic carbocycles. The lowest BCUT2D eigenvalue weighted by Gasteiger charge is -2.05. The number of carboxylic acid groups (broad SMARTS) is 1. The molecule has 0 unspecified atom stereocenters. The molecule has 0 radical (unpaired) electrons. The molecule has 0 bridgehead atoms. The molecule has 1 amide bonds. The number of carbonyl (C=O) groups excluding carboxylic acids is 1. The van der Waals surface area contributed by atoms with Gasteiger partial charge in [0.1, 0.15) is 6.04 Å². The molecular weight excluding hydrogens is 242 g/mol. The van der Waals surface area contributed by atoms with Crippen LogP contribution in [0.25, 0.3) is 6.08 Å². The van der Waals surface area contributed by atoms with E-state index in [1.165, 1.54) is 13.0 Å². The zero-order valence-corrected chi connectivity index (χ0v) is 9.94. The molecule has 1 aromatic carbocycles. The first kappa shape index (κ1) is 13.3. The van der Waals surface area contributed by atoms with E-state index in [-0.39, 0.29) is 0 Å². The maximum absolute atomic E-state index is 11.3. The predicted octanol–water partition coefficient (Wildman–Crippen LogP) is 1.94. The van der Waals surface area contributed by atoms with Gasteiger partial charge in [-0.25, -0.2) is 0 Å². The van der Waals surface area contributed by atoms with Gasteiger partial charge in [-0.05, 0) is 30.7 Å². The van der Waals surface area contributed by atoms with E-state index in [1.807, 2.05) is 0 Å². The highest BCUT2D eigenvalue weighted by molar-refractivity contribution is 6.30. The van der Waals surface area contributed by atoms with Gasteiger partial charge in [-0.1, -0.05) is 23.7 Å². The summed E-state index contributed by atoms with van der Waals surface area (Å²) >= 11 is 5.71. The first-order chi connectivity index (χ1) is 7.99. The Labute approximate surface area is 104 Å². The lowest BCUT2D eigenvalue weighted by molar-refractivity contribution is -0.140. The van der Waals surface area contributed by atoms with Crippen molar-refractivity contribution in [2.75, 3.05) is 0 Å². The largest absolute Gasteiger partial charge is 0.480 e. The number of rotatable bonds is 4. The number of aliphatic carboxylic acids is 1. The minimum Gasteiger partial charge on any atom is -0.480 e. The van der Waals surface area contributed by atoms with Gasteiger partial charge in [0, 0.05) is 11.1 Å². The van der Waals surface area contributed by atoms with Gasteiger partial charge < -0.3 is 10.4 Å². The number of halogens is 1. The summed E-state index contributed by atoms with van der Waals surface area (Å²) in [6, 6.07) is 6.02. The quantitative estimate of drug-likeness (QED) is 0.806. The normalized spacial score (nSPS) is 12.4. The molecule has 0 saturated carbocycles. The second-order valence-electron chi connectivity index (χ2n) is 3.45. The summed E-state index contributed by atoms with van der Waals surface area (Å²) < 4.78 is 0. The van der Waals surface area contributed by atoms with Crippen LogP contribution in [0.3, 0.4) is 0 Å². The fourth-order valence-electron chi connectivity index (χ4n) is 1.07. The molecule has 0 saturated heterocycles. The Bertz CT molecular complexity index is 440. The smallest absolute Gasteiger partial charge is 0.325 e. The highest BCUT2D eigenvalue weighted by Gasteiger charge is 2.11. The predicted molar refractivity (Wildman–Crippen MR) is 65.7 cm³/mol. The molecule has 5 heteroatoms. The van der Waals surface area contributed by atoms with E-state index >= 15 is 0 Å². The zero-order valence-electron chi connectivity index (χ0n) is 9.18. The zero-order chi connectivity index (χ0) is 12.8. The van der Waals surface area contributed by atoms with Crippen LogP contribution in [0.4, 0.5) is 0 Å². The van der Waals surface area contributed by atoms with Crippen molar-refractivity contribution >= 4 is 29.6 Å².